The molecule has 3 aromatic rings. The SMILES string of the molecule is OC1(c2ccccc2)CCN(c2nccc3ccccc23)[C@H]2CCCC[C@H]21. The molecule has 27 heavy (non-hydrogen) atoms. The molecule has 5 rings (SSSR count). The third kappa shape index (κ3) is 2.72. The van der Waals surface area contributed by atoms with E-state index in [1.54, 1.807) is 0 Å². The average molecular weight is 358 g/mol. The molecule has 2 aromatic carbocycles. The summed E-state index contributed by atoms with van der Waals surface area (Å²) in [5.74, 6) is 1.34. The van der Waals surface area contributed by atoms with Crippen molar-refractivity contribution < 1.29 is 5.11 Å². The maximum absolute atomic E-state index is 11.8. The van der Waals surface area contributed by atoms with Crippen molar-refractivity contribution in [2.45, 2.75) is 43.7 Å². The molecule has 1 aliphatic carbocycles. The molecule has 2 aliphatic rings. The first-order valence-electron chi connectivity index (χ1n) is 10.2. The summed E-state index contributed by atoms with van der Waals surface area (Å²) in [6.07, 6.45) is 7.32. The van der Waals surface area contributed by atoms with E-state index in [4.69, 9.17) is 4.98 Å². The van der Waals surface area contributed by atoms with Gasteiger partial charge in [-0.2, -0.15) is 0 Å². The number of rotatable bonds is 2. The molecule has 1 aliphatic heterocycles. The van der Waals surface area contributed by atoms with Gasteiger partial charge in [-0.1, -0.05) is 67.4 Å². The highest BCUT2D eigenvalue weighted by Gasteiger charge is 2.49. The van der Waals surface area contributed by atoms with Gasteiger partial charge in [0.05, 0.1) is 5.60 Å². The lowest BCUT2D eigenvalue weighted by Gasteiger charge is -2.53. The number of fused-ring (bicyclic) bond motifs is 2. The maximum Gasteiger partial charge on any atom is 0.136 e. The Balaban J connectivity index is 1.57. The molecule has 1 saturated heterocycles. The van der Waals surface area contributed by atoms with Gasteiger partial charge in [-0.05, 0) is 36.3 Å². The van der Waals surface area contributed by atoms with Gasteiger partial charge in [0.25, 0.3) is 0 Å². The Morgan fingerprint density at radius 1 is 0.926 bits per heavy atom. The Bertz CT molecular complexity index is 936. The second-order valence-electron chi connectivity index (χ2n) is 8.05. The number of pyridine rings is 1. The summed E-state index contributed by atoms with van der Waals surface area (Å²) in [6, 6.07) is 21.2. The molecular weight excluding hydrogens is 332 g/mol. The van der Waals surface area contributed by atoms with E-state index in [9.17, 15) is 5.11 Å². The lowest BCUT2D eigenvalue weighted by atomic mass is 9.66. The van der Waals surface area contributed by atoms with Crippen LogP contribution in [0.2, 0.25) is 0 Å². The minimum absolute atomic E-state index is 0.253. The van der Waals surface area contributed by atoms with E-state index in [-0.39, 0.29) is 5.92 Å². The van der Waals surface area contributed by atoms with Crippen LogP contribution >= 0.6 is 0 Å². The average Bonchev–Trinajstić information content (AvgIpc) is 2.75. The third-order valence-corrected chi connectivity index (χ3v) is 6.68. The standard InChI is InChI=1S/C24H26N2O/c27-24(19-9-2-1-3-10-19)15-17-26(22-13-7-6-12-21(22)24)23-20-11-5-4-8-18(20)14-16-25-23/h1-5,8-11,14,16,21-22,27H,6-7,12-13,15,17H2/t21-,22+,24?/m1/s1. The number of piperidine rings is 1. The minimum atomic E-state index is -0.729. The molecule has 3 atom stereocenters. The summed E-state index contributed by atoms with van der Waals surface area (Å²) < 4.78 is 0. The van der Waals surface area contributed by atoms with Gasteiger partial charge < -0.3 is 10.0 Å². The van der Waals surface area contributed by atoms with Crippen molar-refractivity contribution >= 4 is 16.6 Å². The van der Waals surface area contributed by atoms with Gasteiger partial charge in [-0.25, -0.2) is 4.98 Å². The number of aromatic nitrogens is 1. The van der Waals surface area contributed by atoms with Crippen LogP contribution in [0, 0.1) is 5.92 Å². The maximum atomic E-state index is 11.8. The van der Waals surface area contributed by atoms with Gasteiger partial charge in [0.1, 0.15) is 5.82 Å². The summed E-state index contributed by atoms with van der Waals surface area (Å²) >= 11 is 0. The number of benzene rings is 2. The molecule has 1 unspecified atom stereocenters. The van der Waals surface area contributed by atoms with Crippen molar-refractivity contribution in [1.82, 2.24) is 4.98 Å². The van der Waals surface area contributed by atoms with Crippen LogP contribution in [0.1, 0.15) is 37.7 Å². The van der Waals surface area contributed by atoms with Crippen LogP contribution in [0.4, 0.5) is 5.82 Å². The van der Waals surface area contributed by atoms with Gasteiger partial charge in [-0.15, -0.1) is 0 Å². The Hall–Kier alpha value is -2.39. The highest BCUT2D eigenvalue weighted by molar-refractivity contribution is 5.92. The summed E-state index contributed by atoms with van der Waals surface area (Å²) in [4.78, 5) is 7.28. The predicted molar refractivity (Wildman–Crippen MR) is 110 cm³/mol. The molecule has 3 heteroatoms. The van der Waals surface area contributed by atoms with Gasteiger partial charge in [0.15, 0.2) is 0 Å². The first-order valence-corrected chi connectivity index (χ1v) is 10.2. The number of aliphatic hydroxyl groups is 1. The van der Waals surface area contributed by atoms with Crippen molar-refractivity contribution in [3.63, 3.8) is 0 Å². The predicted octanol–water partition coefficient (Wildman–Crippen LogP) is 4.89. The number of hydrogen-bond acceptors (Lipinski definition) is 3. The van der Waals surface area contributed by atoms with E-state index in [1.165, 1.54) is 23.6 Å². The molecule has 3 nitrogen and oxygen atoms in total. The van der Waals surface area contributed by atoms with Crippen LogP contribution < -0.4 is 4.90 Å². The smallest absolute Gasteiger partial charge is 0.136 e. The molecule has 0 spiro atoms. The van der Waals surface area contributed by atoms with Gasteiger partial charge in [0.2, 0.25) is 0 Å². The fourth-order valence-electron chi connectivity index (χ4n) is 5.36. The summed E-state index contributed by atoms with van der Waals surface area (Å²) in [5.41, 5.74) is 0.348. The van der Waals surface area contributed by atoms with E-state index < -0.39 is 5.60 Å². The van der Waals surface area contributed by atoms with Crippen LogP contribution in [0.25, 0.3) is 10.8 Å². The fourth-order valence-corrected chi connectivity index (χ4v) is 5.36. The quantitative estimate of drug-likeness (QED) is 0.708. The van der Waals surface area contributed by atoms with Crippen LogP contribution in [-0.2, 0) is 5.60 Å². The topological polar surface area (TPSA) is 36.4 Å². The van der Waals surface area contributed by atoms with Gasteiger partial charge >= 0.3 is 0 Å². The zero-order chi connectivity index (χ0) is 18.3. The van der Waals surface area contributed by atoms with Crippen LogP contribution in [0.15, 0.2) is 66.9 Å². The Kier molecular flexibility index (Phi) is 4.13. The van der Waals surface area contributed by atoms with Crippen LogP contribution in [0.3, 0.4) is 0 Å². The van der Waals surface area contributed by atoms with E-state index in [2.05, 4.69) is 47.4 Å². The molecule has 1 N–H and O–H groups in total. The van der Waals surface area contributed by atoms with E-state index >= 15 is 0 Å². The fraction of sp³-hybridized carbons (Fsp3) is 0.375. The van der Waals surface area contributed by atoms with Crippen molar-refractivity contribution in [3.05, 3.63) is 72.4 Å². The Morgan fingerprint density at radius 3 is 2.59 bits per heavy atom. The summed E-state index contributed by atoms with van der Waals surface area (Å²) in [7, 11) is 0. The lowest BCUT2D eigenvalue weighted by molar-refractivity contribution is -0.0690. The minimum Gasteiger partial charge on any atom is -0.385 e. The number of anilines is 1. The Labute approximate surface area is 160 Å². The molecule has 0 bridgehead atoms. The second kappa shape index (κ2) is 6.65. The molecule has 138 valence electrons. The highest BCUT2D eigenvalue weighted by Crippen LogP contribution is 2.48. The van der Waals surface area contributed by atoms with Crippen LogP contribution in [0.5, 0.6) is 0 Å². The summed E-state index contributed by atoms with van der Waals surface area (Å²) in [5, 5.41) is 14.2. The largest absolute Gasteiger partial charge is 0.385 e. The van der Waals surface area contributed by atoms with Crippen molar-refractivity contribution in [3.8, 4) is 0 Å². The van der Waals surface area contributed by atoms with Gasteiger partial charge in [-0.3, -0.25) is 0 Å². The van der Waals surface area contributed by atoms with Gasteiger partial charge in [0, 0.05) is 30.1 Å². The number of nitrogens with zero attached hydrogens (tertiary/aromatic N) is 2. The molecule has 1 saturated carbocycles. The Morgan fingerprint density at radius 2 is 1.70 bits per heavy atom. The van der Waals surface area contributed by atoms with Crippen molar-refractivity contribution in [1.29, 1.82) is 0 Å². The van der Waals surface area contributed by atoms with E-state index in [0.29, 0.717) is 6.04 Å². The summed E-state index contributed by atoms with van der Waals surface area (Å²) in [6.45, 7) is 0.841. The molecule has 0 radical (unpaired) electrons. The lowest BCUT2D eigenvalue weighted by Crippen LogP contribution is -2.57. The molecule has 1 aromatic heterocycles. The van der Waals surface area contributed by atoms with Crippen molar-refractivity contribution in [2.24, 2.45) is 5.92 Å². The molecule has 0 amide bonds. The van der Waals surface area contributed by atoms with E-state index in [0.717, 1.165) is 37.2 Å². The zero-order valence-corrected chi connectivity index (χ0v) is 15.6. The molecular formula is C24H26N2O. The second-order valence-corrected chi connectivity index (χ2v) is 8.05. The normalized spacial score (nSPS) is 28.1. The molecule has 2 heterocycles. The van der Waals surface area contributed by atoms with E-state index in [1.807, 2.05) is 24.4 Å². The third-order valence-electron chi connectivity index (χ3n) is 6.68. The first kappa shape index (κ1) is 16.8. The first-order chi connectivity index (χ1) is 13.3. The zero-order valence-electron chi connectivity index (χ0n) is 15.6. The monoisotopic (exact) mass is 358 g/mol. The van der Waals surface area contributed by atoms with Crippen LogP contribution in [-0.4, -0.2) is 22.7 Å². The van der Waals surface area contributed by atoms with Crippen molar-refractivity contribution in [2.75, 3.05) is 11.4 Å². The highest BCUT2D eigenvalue weighted by atomic mass is 16.3. The molecule has 2 fully saturated rings. The number of hydrogen-bond donors (Lipinski definition) is 1.